The second-order valence-corrected chi connectivity index (χ2v) is 5.34. The van der Waals surface area contributed by atoms with E-state index in [4.69, 9.17) is 16.3 Å². The van der Waals surface area contributed by atoms with E-state index in [1.807, 2.05) is 30.3 Å². The van der Waals surface area contributed by atoms with Crippen LogP contribution in [0.15, 0.2) is 54.6 Å². The van der Waals surface area contributed by atoms with Gasteiger partial charge in [-0.2, -0.15) is 0 Å². The first-order valence-electron chi connectivity index (χ1n) is 7.00. The van der Waals surface area contributed by atoms with Crippen molar-refractivity contribution in [3.63, 3.8) is 0 Å². The van der Waals surface area contributed by atoms with Crippen LogP contribution in [-0.2, 0) is 0 Å². The number of benzene rings is 2. The van der Waals surface area contributed by atoms with Crippen LogP contribution in [0.3, 0.4) is 0 Å². The van der Waals surface area contributed by atoms with Crippen LogP contribution in [0, 0.1) is 0 Å². The molecule has 112 valence electrons. The second-order valence-electron chi connectivity index (χ2n) is 4.94. The average molecular weight is 306 g/mol. The predicted molar refractivity (Wildman–Crippen MR) is 85.8 cm³/mol. The van der Waals surface area contributed by atoms with Gasteiger partial charge < -0.3 is 15.2 Å². The van der Waals surface area contributed by atoms with Gasteiger partial charge in [0.15, 0.2) is 0 Å². The van der Waals surface area contributed by atoms with E-state index in [1.54, 1.807) is 12.1 Å². The lowest BCUT2D eigenvalue weighted by molar-refractivity contribution is 0.104. The summed E-state index contributed by atoms with van der Waals surface area (Å²) in [5.41, 5.74) is 1.19. The third kappa shape index (κ3) is 5.05. The van der Waals surface area contributed by atoms with Gasteiger partial charge in [0.2, 0.25) is 0 Å². The van der Waals surface area contributed by atoms with E-state index in [0.29, 0.717) is 17.3 Å². The molecule has 2 aromatic rings. The molecule has 0 bridgehead atoms. The molecule has 0 saturated carbocycles. The van der Waals surface area contributed by atoms with Crippen LogP contribution in [0.4, 0.5) is 0 Å². The molecule has 0 aromatic heterocycles. The number of para-hydroxylation sites is 1. The topological polar surface area (TPSA) is 41.5 Å². The van der Waals surface area contributed by atoms with Gasteiger partial charge in [-0.15, -0.1) is 0 Å². The summed E-state index contributed by atoms with van der Waals surface area (Å²) >= 11 is 5.99. The van der Waals surface area contributed by atoms with Crippen LogP contribution >= 0.6 is 11.6 Å². The Labute approximate surface area is 130 Å². The summed E-state index contributed by atoms with van der Waals surface area (Å²) in [5, 5.41) is 13.8. The van der Waals surface area contributed by atoms with Crippen molar-refractivity contribution in [2.45, 2.75) is 19.1 Å². The Morgan fingerprint density at radius 1 is 1.10 bits per heavy atom. The fourth-order valence-corrected chi connectivity index (χ4v) is 2.17. The zero-order valence-corrected chi connectivity index (χ0v) is 12.8. The van der Waals surface area contributed by atoms with Gasteiger partial charge in [-0.05, 0) is 24.6 Å². The first kappa shape index (κ1) is 15.8. The molecule has 4 heteroatoms. The highest BCUT2D eigenvalue weighted by molar-refractivity contribution is 6.32. The summed E-state index contributed by atoms with van der Waals surface area (Å²) in [6.45, 7) is 2.73. The van der Waals surface area contributed by atoms with Crippen LogP contribution in [0.1, 0.15) is 18.5 Å². The third-order valence-corrected chi connectivity index (χ3v) is 3.54. The number of nitrogens with one attached hydrogen (secondary N) is 1. The number of halogens is 1. The number of hydrogen-bond donors (Lipinski definition) is 2. The van der Waals surface area contributed by atoms with Crippen LogP contribution in [0.25, 0.3) is 0 Å². The van der Waals surface area contributed by atoms with Crippen LogP contribution in [0.2, 0.25) is 5.02 Å². The monoisotopic (exact) mass is 305 g/mol. The van der Waals surface area contributed by atoms with Crippen molar-refractivity contribution in [2.24, 2.45) is 0 Å². The molecule has 0 amide bonds. The molecule has 3 nitrogen and oxygen atoms in total. The molecule has 21 heavy (non-hydrogen) atoms. The maximum atomic E-state index is 9.97. The molecule has 2 N–H and O–H groups in total. The Kier molecular flexibility index (Phi) is 6.05. The Balaban J connectivity index is 1.75. The minimum Gasteiger partial charge on any atom is -0.489 e. The lowest BCUT2D eigenvalue weighted by Crippen LogP contribution is -2.33. The lowest BCUT2D eigenvalue weighted by Gasteiger charge is -2.18. The van der Waals surface area contributed by atoms with Crippen molar-refractivity contribution in [3.8, 4) is 5.75 Å². The van der Waals surface area contributed by atoms with Crippen molar-refractivity contribution in [3.05, 3.63) is 65.2 Å². The molecule has 0 saturated heterocycles. The van der Waals surface area contributed by atoms with Crippen LogP contribution < -0.4 is 10.1 Å². The van der Waals surface area contributed by atoms with Gasteiger partial charge in [0.05, 0.1) is 5.02 Å². The van der Waals surface area contributed by atoms with Crippen LogP contribution in [0.5, 0.6) is 5.75 Å². The first-order valence-corrected chi connectivity index (χ1v) is 7.38. The van der Waals surface area contributed by atoms with E-state index in [-0.39, 0.29) is 12.6 Å². The summed E-state index contributed by atoms with van der Waals surface area (Å²) in [7, 11) is 0. The van der Waals surface area contributed by atoms with E-state index in [9.17, 15) is 5.11 Å². The van der Waals surface area contributed by atoms with Gasteiger partial charge in [-0.25, -0.2) is 0 Å². The number of ether oxygens (including phenoxy) is 1. The minimum atomic E-state index is -0.590. The van der Waals surface area contributed by atoms with Gasteiger partial charge in [0.1, 0.15) is 18.5 Å². The summed E-state index contributed by atoms with van der Waals surface area (Å²) in [6.07, 6.45) is -0.590. The SMILES string of the molecule is CC(NCC(O)COc1ccccc1Cl)c1ccccc1. The molecule has 0 heterocycles. The van der Waals surface area contributed by atoms with Gasteiger partial charge in [0, 0.05) is 12.6 Å². The molecule has 2 aromatic carbocycles. The molecule has 0 aliphatic heterocycles. The maximum Gasteiger partial charge on any atom is 0.138 e. The molecule has 2 atom stereocenters. The molecule has 0 radical (unpaired) electrons. The fraction of sp³-hybridized carbons (Fsp3) is 0.294. The lowest BCUT2D eigenvalue weighted by atomic mass is 10.1. The third-order valence-electron chi connectivity index (χ3n) is 3.23. The Morgan fingerprint density at radius 3 is 2.48 bits per heavy atom. The zero-order chi connectivity index (χ0) is 15.1. The predicted octanol–water partition coefficient (Wildman–Crippen LogP) is 3.43. The first-order chi connectivity index (χ1) is 10.2. The van der Waals surface area contributed by atoms with E-state index < -0.39 is 6.10 Å². The summed E-state index contributed by atoms with van der Waals surface area (Å²) < 4.78 is 5.51. The molecule has 0 aliphatic carbocycles. The number of aliphatic hydroxyl groups is 1. The maximum absolute atomic E-state index is 9.97. The smallest absolute Gasteiger partial charge is 0.138 e. The van der Waals surface area contributed by atoms with E-state index in [1.165, 1.54) is 5.56 Å². The normalized spacial score (nSPS) is 13.7. The largest absolute Gasteiger partial charge is 0.489 e. The highest BCUT2D eigenvalue weighted by Crippen LogP contribution is 2.23. The second kappa shape index (κ2) is 8.03. The van der Waals surface area contributed by atoms with E-state index in [2.05, 4.69) is 24.4 Å². The van der Waals surface area contributed by atoms with Crippen molar-refractivity contribution in [1.29, 1.82) is 0 Å². The highest BCUT2D eigenvalue weighted by atomic mass is 35.5. The van der Waals surface area contributed by atoms with Crippen molar-refractivity contribution < 1.29 is 9.84 Å². The molecule has 0 aliphatic rings. The zero-order valence-electron chi connectivity index (χ0n) is 12.0. The quantitative estimate of drug-likeness (QED) is 0.823. The summed E-state index contributed by atoms with van der Waals surface area (Å²) in [5.74, 6) is 0.592. The highest BCUT2D eigenvalue weighted by Gasteiger charge is 2.10. The van der Waals surface area contributed by atoms with Crippen molar-refractivity contribution in [1.82, 2.24) is 5.32 Å². The number of aliphatic hydroxyl groups excluding tert-OH is 1. The number of hydrogen-bond acceptors (Lipinski definition) is 3. The number of rotatable bonds is 7. The molecule has 0 spiro atoms. The molecule has 0 fully saturated rings. The summed E-state index contributed by atoms with van der Waals surface area (Å²) in [4.78, 5) is 0. The van der Waals surface area contributed by atoms with Crippen molar-refractivity contribution >= 4 is 11.6 Å². The van der Waals surface area contributed by atoms with Crippen molar-refractivity contribution in [2.75, 3.05) is 13.2 Å². The Bertz CT molecular complexity index is 547. The molecular weight excluding hydrogens is 286 g/mol. The standard InChI is InChI=1S/C17H20ClNO2/c1-13(14-7-3-2-4-8-14)19-11-15(20)12-21-17-10-6-5-9-16(17)18/h2-10,13,15,19-20H,11-12H2,1H3. The minimum absolute atomic E-state index is 0.182. The van der Waals surface area contributed by atoms with Gasteiger partial charge in [-0.1, -0.05) is 54.1 Å². The van der Waals surface area contributed by atoms with E-state index in [0.717, 1.165) is 0 Å². The van der Waals surface area contributed by atoms with E-state index >= 15 is 0 Å². The Hall–Kier alpha value is -1.55. The van der Waals surface area contributed by atoms with Gasteiger partial charge in [0.25, 0.3) is 0 Å². The fourth-order valence-electron chi connectivity index (χ4n) is 1.98. The molecule has 2 rings (SSSR count). The Morgan fingerprint density at radius 2 is 1.76 bits per heavy atom. The average Bonchev–Trinajstić information content (AvgIpc) is 2.52. The van der Waals surface area contributed by atoms with Crippen LogP contribution in [-0.4, -0.2) is 24.4 Å². The van der Waals surface area contributed by atoms with Gasteiger partial charge >= 0.3 is 0 Å². The molecule has 2 unspecified atom stereocenters. The molecular formula is C17H20ClNO2. The summed E-state index contributed by atoms with van der Waals surface area (Å²) in [6, 6.07) is 17.5. The van der Waals surface area contributed by atoms with Gasteiger partial charge in [-0.3, -0.25) is 0 Å².